The average Bonchev–Trinajstić information content (AvgIpc) is 3.02. The number of nitrogens with zero attached hydrogens (tertiary/aromatic N) is 3. The van der Waals surface area contributed by atoms with Crippen LogP contribution in [0.2, 0.25) is 0 Å². The SMILES string of the molecule is C=P(C)(C)CC[C@@]1(C)OC(n2cnc3c(N)ccnc32)[C@H](F)[C@@H]1O. The number of alkyl halides is 1. The van der Waals surface area contributed by atoms with E-state index in [2.05, 4.69) is 29.6 Å². The zero-order chi connectivity index (χ0) is 17.7. The van der Waals surface area contributed by atoms with Gasteiger partial charge in [-0.2, -0.15) is 0 Å². The second kappa shape index (κ2) is 5.83. The summed E-state index contributed by atoms with van der Waals surface area (Å²) in [4.78, 5) is 8.42. The molecular weight excluding hydrogens is 330 g/mol. The second-order valence-electron chi connectivity index (χ2n) is 7.34. The first-order chi connectivity index (χ1) is 11.1. The summed E-state index contributed by atoms with van der Waals surface area (Å²) in [6.45, 7) is 4.68. The molecule has 2 aromatic rings. The zero-order valence-corrected chi connectivity index (χ0v) is 15.1. The molecule has 132 valence electrons. The van der Waals surface area contributed by atoms with Crippen molar-refractivity contribution in [3.8, 4) is 0 Å². The summed E-state index contributed by atoms with van der Waals surface area (Å²) in [5, 5.41) is 10.4. The molecule has 0 saturated carbocycles. The van der Waals surface area contributed by atoms with E-state index in [0.717, 1.165) is 6.16 Å². The third-order valence-corrected chi connectivity index (χ3v) is 6.00. The Bertz CT molecular complexity index is 804. The third-order valence-electron chi connectivity index (χ3n) is 4.57. The lowest BCUT2D eigenvalue weighted by molar-refractivity contribution is -0.0914. The standard InChI is InChI=1S/C16H24FN4O2P/c1-16(6-8-24(2,3)4)13(22)11(17)15(23-16)21-9-20-12-10(18)5-7-19-14(12)21/h5,7,9,11,13,15,22H,2,6,8H2,1,3-4H3,(H2,18,19)/t11-,13+,15?,16-/m1/s1. The van der Waals surface area contributed by atoms with Crippen molar-refractivity contribution in [2.24, 2.45) is 0 Å². The molecule has 0 amide bonds. The first-order valence-corrected chi connectivity index (χ1v) is 10.9. The molecule has 0 radical (unpaired) electrons. The van der Waals surface area contributed by atoms with Crippen LogP contribution in [-0.2, 0) is 4.74 Å². The topological polar surface area (TPSA) is 86.2 Å². The van der Waals surface area contributed by atoms with E-state index in [1.54, 1.807) is 19.2 Å². The lowest BCUT2D eigenvalue weighted by atomic mass is 9.95. The van der Waals surface area contributed by atoms with Gasteiger partial charge in [0.05, 0.1) is 17.6 Å². The van der Waals surface area contributed by atoms with Crippen LogP contribution in [0.5, 0.6) is 0 Å². The highest BCUT2D eigenvalue weighted by Gasteiger charge is 2.53. The molecule has 3 rings (SSSR count). The van der Waals surface area contributed by atoms with Crippen molar-refractivity contribution in [1.82, 2.24) is 14.5 Å². The lowest BCUT2D eigenvalue weighted by Gasteiger charge is -2.29. The Labute approximate surface area is 140 Å². The van der Waals surface area contributed by atoms with Crippen LogP contribution in [0.4, 0.5) is 10.1 Å². The largest absolute Gasteiger partial charge is 0.397 e. The number of anilines is 1. The maximum absolute atomic E-state index is 14.8. The Hall–Kier alpha value is -1.43. The summed E-state index contributed by atoms with van der Waals surface area (Å²) in [7, 11) is 0. The smallest absolute Gasteiger partial charge is 0.174 e. The van der Waals surface area contributed by atoms with Crippen LogP contribution in [-0.4, -0.2) is 63.3 Å². The molecule has 3 heterocycles. The number of aromatic nitrogens is 3. The minimum Gasteiger partial charge on any atom is -0.397 e. The fourth-order valence-electron chi connectivity index (χ4n) is 2.98. The molecule has 1 aliphatic heterocycles. The predicted molar refractivity (Wildman–Crippen MR) is 96.7 cm³/mol. The van der Waals surface area contributed by atoms with Gasteiger partial charge in [0, 0.05) is 6.20 Å². The van der Waals surface area contributed by atoms with Gasteiger partial charge in [0.1, 0.15) is 11.6 Å². The summed E-state index contributed by atoms with van der Waals surface area (Å²) in [5.41, 5.74) is 6.33. The van der Waals surface area contributed by atoms with Crippen molar-refractivity contribution < 1.29 is 14.2 Å². The molecule has 1 fully saturated rings. The Morgan fingerprint density at radius 1 is 1.50 bits per heavy atom. The molecule has 3 N–H and O–H groups in total. The summed E-state index contributed by atoms with van der Waals surface area (Å²) in [5.74, 6) is 0. The maximum atomic E-state index is 14.8. The Balaban J connectivity index is 1.92. The Kier molecular flexibility index (Phi) is 4.22. The number of ether oxygens (including phenoxy) is 1. The van der Waals surface area contributed by atoms with Crippen molar-refractivity contribution in [2.75, 3.05) is 25.2 Å². The van der Waals surface area contributed by atoms with Gasteiger partial charge in [-0.05, 0) is 38.9 Å². The van der Waals surface area contributed by atoms with E-state index in [0.29, 0.717) is 23.3 Å². The fourth-order valence-corrected chi connectivity index (χ4v) is 4.03. The monoisotopic (exact) mass is 354 g/mol. The van der Waals surface area contributed by atoms with E-state index in [9.17, 15) is 9.50 Å². The molecule has 1 aliphatic rings. The van der Waals surface area contributed by atoms with Crippen LogP contribution in [0.1, 0.15) is 19.6 Å². The van der Waals surface area contributed by atoms with E-state index in [1.165, 1.54) is 10.9 Å². The van der Waals surface area contributed by atoms with Crippen LogP contribution in [0.25, 0.3) is 11.2 Å². The highest BCUT2D eigenvalue weighted by molar-refractivity contribution is 7.72. The number of pyridine rings is 1. The van der Waals surface area contributed by atoms with Gasteiger partial charge in [-0.25, -0.2) is 14.4 Å². The first-order valence-electron chi connectivity index (χ1n) is 7.87. The molecule has 8 heteroatoms. The zero-order valence-electron chi connectivity index (χ0n) is 14.2. The van der Waals surface area contributed by atoms with Crippen LogP contribution in [0.15, 0.2) is 18.6 Å². The molecule has 0 aliphatic carbocycles. The molecular formula is C16H24FN4O2P. The normalized spacial score (nSPS) is 31.0. The van der Waals surface area contributed by atoms with E-state index < -0.39 is 31.0 Å². The summed E-state index contributed by atoms with van der Waals surface area (Å²) in [6, 6.07) is 1.64. The van der Waals surface area contributed by atoms with Crippen molar-refractivity contribution in [2.45, 2.75) is 37.4 Å². The van der Waals surface area contributed by atoms with Gasteiger partial charge in [0.2, 0.25) is 0 Å². The van der Waals surface area contributed by atoms with Gasteiger partial charge in [0.15, 0.2) is 18.0 Å². The summed E-state index contributed by atoms with van der Waals surface area (Å²) >= 11 is 0. The molecule has 0 aromatic carbocycles. The Morgan fingerprint density at radius 2 is 2.21 bits per heavy atom. The molecule has 6 nitrogen and oxygen atoms in total. The van der Waals surface area contributed by atoms with Crippen molar-refractivity contribution >= 4 is 30.0 Å². The quantitative estimate of drug-likeness (QED) is 0.821. The van der Waals surface area contributed by atoms with Crippen molar-refractivity contribution in [3.63, 3.8) is 0 Å². The number of halogens is 1. The first kappa shape index (κ1) is 17.4. The molecule has 24 heavy (non-hydrogen) atoms. The van der Waals surface area contributed by atoms with Crippen LogP contribution >= 0.6 is 6.89 Å². The Morgan fingerprint density at radius 3 is 2.88 bits per heavy atom. The molecule has 0 spiro atoms. The van der Waals surface area contributed by atoms with E-state index in [4.69, 9.17) is 10.5 Å². The number of fused-ring (bicyclic) bond motifs is 1. The number of hydrogen-bond acceptors (Lipinski definition) is 5. The maximum Gasteiger partial charge on any atom is 0.174 e. The number of aliphatic hydroxyl groups is 1. The number of imidazole rings is 1. The summed E-state index contributed by atoms with van der Waals surface area (Å²) < 4.78 is 22.3. The molecule has 0 bridgehead atoms. The van der Waals surface area contributed by atoms with Crippen LogP contribution in [0.3, 0.4) is 0 Å². The second-order valence-corrected chi connectivity index (χ2v) is 11.7. The molecule has 1 unspecified atom stereocenters. The number of nitrogens with two attached hydrogens (primary N) is 1. The molecule has 2 aromatic heterocycles. The van der Waals surface area contributed by atoms with Crippen LogP contribution < -0.4 is 5.73 Å². The van der Waals surface area contributed by atoms with Crippen molar-refractivity contribution in [3.05, 3.63) is 18.6 Å². The van der Waals surface area contributed by atoms with E-state index >= 15 is 0 Å². The number of hydrogen-bond donors (Lipinski definition) is 2. The number of aliphatic hydroxyl groups excluding tert-OH is 1. The summed E-state index contributed by atoms with van der Waals surface area (Å²) in [6.07, 6.45) is 4.78. The number of rotatable bonds is 4. The van der Waals surface area contributed by atoms with Gasteiger partial charge in [-0.3, -0.25) is 4.57 Å². The van der Waals surface area contributed by atoms with Gasteiger partial charge in [-0.1, -0.05) is 0 Å². The van der Waals surface area contributed by atoms with Crippen LogP contribution in [0, 0.1) is 0 Å². The van der Waals surface area contributed by atoms with Gasteiger partial charge < -0.3 is 15.6 Å². The predicted octanol–water partition coefficient (Wildman–Crippen LogP) is 2.10. The van der Waals surface area contributed by atoms with E-state index in [-0.39, 0.29) is 0 Å². The fraction of sp³-hybridized carbons (Fsp3) is 0.562. The van der Waals surface area contributed by atoms with Gasteiger partial charge in [-0.15, -0.1) is 13.2 Å². The minimum atomic E-state index is -1.57. The third kappa shape index (κ3) is 2.96. The van der Waals surface area contributed by atoms with Gasteiger partial charge in [0.25, 0.3) is 0 Å². The average molecular weight is 354 g/mol. The molecule has 4 atom stereocenters. The highest BCUT2D eigenvalue weighted by Crippen LogP contribution is 2.45. The number of nitrogen functional groups attached to an aromatic ring is 1. The lowest BCUT2D eigenvalue weighted by Crippen LogP contribution is -2.39. The van der Waals surface area contributed by atoms with Gasteiger partial charge >= 0.3 is 0 Å². The van der Waals surface area contributed by atoms with E-state index in [1.807, 2.05) is 0 Å². The minimum absolute atomic E-state index is 0.448. The molecule has 1 saturated heterocycles. The van der Waals surface area contributed by atoms with Crippen molar-refractivity contribution in [1.29, 1.82) is 0 Å². The highest BCUT2D eigenvalue weighted by atomic mass is 31.2.